The van der Waals surface area contributed by atoms with Crippen LogP contribution in [0, 0.1) is 10.1 Å². The number of nitrogens with one attached hydrogen (secondary N) is 1. The molecule has 2 aliphatic rings. The number of nitro benzene ring substituents is 1. The number of amides is 1. The summed E-state index contributed by atoms with van der Waals surface area (Å²) in [5, 5.41) is 14.5. The molecule has 2 fully saturated rings. The van der Waals surface area contributed by atoms with Gasteiger partial charge >= 0.3 is 0 Å². The van der Waals surface area contributed by atoms with Crippen molar-refractivity contribution in [2.75, 3.05) is 24.5 Å². The number of nitro groups is 1. The number of hydrogen-bond donors (Lipinski definition) is 2. The standard InChI is InChI=1S/C17H24N4O3.ClH/c18-12-17(7-1-2-8-17)19-16(22)13-5-6-14(15(11-13)21(23)24)20-9-3-4-10-20;/h5-6,11H,1-4,7-10,12,18H2,(H,19,22);1H. The number of carbonyl (C=O) groups is 1. The van der Waals surface area contributed by atoms with Crippen LogP contribution in [0.4, 0.5) is 11.4 Å². The minimum atomic E-state index is -0.404. The van der Waals surface area contributed by atoms with Gasteiger partial charge < -0.3 is 16.0 Å². The normalized spacial score (nSPS) is 18.7. The first-order valence-corrected chi connectivity index (χ1v) is 8.61. The summed E-state index contributed by atoms with van der Waals surface area (Å²) in [6.45, 7) is 2.04. The summed E-state index contributed by atoms with van der Waals surface area (Å²) in [4.78, 5) is 25.6. The smallest absolute Gasteiger partial charge is 0.293 e. The maximum absolute atomic E-state index is 12.6. The van der Waals surface area contributed by atoms with Crippen molar-refractivity contribution in [3.8, 4) is 0 Å². The molecule has 1 amide bonds. The molecular weight excluding hydrogens is 344 g/mol. The first-order valence-electron chi connectivity index (χ1n) is 8.61. The number of halogens is 1. The van der Waals surface area contributed by atoms with E-state index in [4.69, 9.17) is 5.73 Å². The van der Waals surface area contributed by atoms with Gasteiger partial charge in [-0.25, -0.2) is 0 Å². The van der Waals surface area contributed by atoms with E-state index in [1.165, 1.54) is 6.07 Å². The molecule has 138 valence electrons. The maximum Gasteiger partial charge on any atom is 0.293 e. The lowest BCUT2D eigenvalue weighted by Gasteiger charge is -2.28. The van der Waals surface area contributed by atoms with Gasteiger partial charge in [-0.1, -0.05) is 12.8 Å². The first-order chi connectivity index (χ1) is 11.5. The van der Waals surface area contributed by atoms with E-state index < -0.39 is 4.92 Å². The van der Waals surface area contributed by atoms with E-state index in [1.54, 1.807) is 12.1 Å². The fraction of sp³-hybridized carbons (Fsp3) is 0.588. The maximum atomic E-state index is 12.6. The van der Waals surface area contributed by atoms with Crippen molar-refractivity contribution in [2.24, 2.45) is 5.73 Å². The minimum absolute atomic E-state index is 0. The highest BCUT2D eigenvalue weighted by molar-refractivity contribution is 5.96. The molecule has 8 heteroatoms. The summed E-state index contributed by atoms with van der Waals surface area (Å²) < 4.78 is 0. The molecule has 0 radical (unpaired) electrons. The molecule has 0 atom stereocenters. The topological polar surface area (TPSA) is 102 Å². The average Bonchev–Trinajstić information content (AvgIpc) is 3.26. The zero-order valence-electron chi connectivity index (χ0n) is 14.2. The van der Waals surface area contributed by atoms with Crippen LogP contribution >= 0.6 is 12.4 Å². The summed E-state index contributed by atoms with van der Waals surface area (Å²) in [5.74, 6) is -0.279. The second kappa shape index (κ2) is 8.01. The van der Waals surface area contributed by atoms with E-state index in [2.05, 4.69) is 5.32 Å². The van der Waals surface area contributed by atoms with Crippen LogP contribution in [0.5, 0.6) is 0 Å². The summed E-state index contributed by atoms with van der Waals surface area (Å²) in [6, 6.07) is 4.76. The summed E-state index contributed by atoms with van der Waals surface area (Å²) in [7, 11) is 0. The van der Waals surface area contributed by atoms with Gasteiger partial charge in [0.1, 0.15) is 5.69 Å². The minimum Gasteiger partial charge on any atom is -0.366 e. The molecule has 1 aliphatic carbocycles. The number of anilines is 1. The Morgan fingerprint density at radius 3 is 2.44 bits per heavy atom. The first kappa shape index (κ1) is 19.5. The Labute approximate surface area is 153 Å². The van der Waals surface area contributed by atoms with Crippen molar-refractivity contribution in [3.63, 3.8) is 0 Å². The number of nitrogens with two attached hydrogens (primary N) is 1. The summed E-state index contributed by atoms with van der Waals surface area (Å²) in [6.07, 6.45) is 5.90. The van der Waals surface area contributed by atoms with E-state index in [-0.39, 0.29) is 29.5 Å². The van der Waals surface area contributed by atoms with Crippen molar-refractivity contribution in [1.82, 2.24) is 5.32 Å². The highest BCUT2D eigenvalue weighted by atomic mass is 35.5. The number of carbonyl (C=O) groups excluding carboxylic acids is 1. The quantitative estimate of drug-likeness (QED) is 0.614. The lowest BCUT2D eigenvalue weighted by molar-refractivity contribution is -0.384. The molecule has 1 aromatic carbocycles. The molecule has 3 N–H and O–H groups in total. The Hall–Kier alpha value is -1.86. The van der Waals surface area contributed by atoms with Crippen LogP contribution in [0.15, 0.2) is 18.2 Å². The molecule has 25 heavy (non-hydrogen) atoms. The van der Waals surface area contributed by atoms with Gasteiger partial charge in [-0.15, -0.1) is 12.4 Å². The van der Waals surface area contributed by atoms with Crippen molar-refractivity contribution in [2.45, 2.75) is 44.1 Å². The van der Waals surface area contributed by atoms with Gasteiger partial charge in [0.15, 0.2) is 0 Å². The molecule has 1 saturated heterocycles. The molecule has 0 aromatic heterocycles. The Morgan fingerprint density at radius 1 is 1.24 bits per heavy atom. The third kappa shape index (κ3) is 4.04. The van der Waals surface area contributed by atoms with Crippen LogP contribution in [-0.4, -0.2) is 36.0 Å². The van der Waals surface area contributed by atoms with Gasteiger partial charge in [0.05, 0.1) is 10.5 Å². The van der Waals surface area contributed by atoms with E-state index in [0.717, 1.165) is 51.6 Å². The van der Waals surface area contributed by atoms with Gasteiger partial charge in [0.25, 0.3) is 11.6 Å². The SMILES string of the molecule is Cl.NCC1(NC(=O)c2ccc(N3CCCC3)c([N+](=O)[O-])c2)CCCC1. The summed E-state index contributed by atoms with van der Waals surface area (Å²) >= 11 is 0. The Kier molecular flexibility index (Phi) is 6.24. The number of nitrogens with zero attached hydrogens (tertiary/aromatic N) is 2. The van der Waals surface area contributed by atoms with Gasteiger partial charge in [0, 0.05) is 31.3 Å². The zero-order chi connectivity index (χ0) is 17.2. The molecule has 0 unspecified atom stereocenters. The average molecular weight is 369 g/mol. The molecule has 7 nitrogen and oxygen atoms in total. The van der Waals surface area contributed by atoms with Gasteiger partial charge in [0.2, 0.25) is 0 Å². The fourth-order valence-electron chi connectivity index (χ4n) is 3.78. The number of benzene rings is 1. The number of rotatable bonds is 5. The van der Waals surface area contributed by atoms with Crippen LogP contribution < -0.4 is 16.0 Å². The van der Waals surface area contributed by atoms with Gasteiger partial charge in [-0.3, -0.25) is 14.9 Å². The molecule has 1 aromatic rings. The molecule has 1 aliphatic heterocycles. The van der Waals surface area contributed by atoms with Crippen LogP contribution in [0.3, 0.4) is 0 Å². The van der Waals surface area contributed by atoms with Gasteiger partial charge in [-0.05, 0) is 37.8 Å². The van der Waals surface area contributed by atoms with E-state index >= 15 is 0 Å². The third-order valence-corrected chi connectivity index (χ3v) is 5.21. The molecule has 0 bridgehead atoms. The second-order valence-electron chi connectivity index (χ2n) is 6.80. The molecule has 1 heterocycles. The van der Waals surface area contributed by atoms with Crippen molar-refractivity contribution in [3.05, 3.63) is 33.9 Å². The van der Waals surface area contributed by atoms with Crippen LogP contribution in [0.2, 0.25) is 0 Å². The van der Waals surface area contributed by atoms with Crippen molar-refractivity contribution < 1.29 is 9.72 Å². The van der Waals surface area contributed by atoms with Crippen LogP contribution in [-0.2, 0) is 0 Å². The predicted molar refractivity (Wildman–Crippen MR) is 99.5 cm³/mol. The Balaban J connectivity index is 0.00000225. The molecular formula is C17H25ClN4O3. The third-order valence-electron chi connectivity index (χ3n) is 5.21. The zero-order valence-corrected chi connectivity index (χ0v) is 15.0. The Morgan fingerprint density at radius 2 is 1.88 bits per heavy atom. The van der Waals surface area contributed by atoms with Gasteiger partial charge in [-0.2, -0.15) is 0 Å². The number of hydrogen-bond acceptors (Lipinski definition) is 5. The van der Waals surface area contributed by atoms with Crippen LogP contribution in [0.25, 0.3) is 0 Å². The molecule has 1 saturated carbocycles. The second-order valence-corrected chi connectivity index (χ2v) is 6.80. The van der Waals surface area contributed by atoms with E-state index in [1.807, 2.05) is 4.90 Å². The molecule has 0 spiro atoms. The van der Waals surface area contributed by atoms with E-state index in [9.17, 15) is 14.9 Å². The van der Waals surface area contributed by atoms with Crippen molar-refractivity contribution >= 4 is 29.7 Å². The fourth-order valence-corrected chi connectivity index (χ4v) is 3.78. The lowest BCUT2D eigenvalue weighted by Crippen LogP contribution is -2.51. The largest absolute Gasteiger partial charge is 0.366 e. The molecule has 3 rings (SSSR count). The summed E-state index contributed by atoms with van der Waals surface area (Å²) in [5.41, 5.74) is 6.41. The van der Waals surface area contributed by atoms with Crippen LogP contribution in [0.1, 0.15) is 48.9 Å². The van der Waals surface area contributed by atoms with Crippen molar-refractivity contribution in [1.29, 1.82) is 0 Å². The lowest BCUT2D eigenvalue weighted by atomic mass is 9.97. The van der Waals surface area contributed by atoms with E-state index in [0.29, 0.717) is 17.8 Å². The highest BCUT2D eigenvalue weighted by Gasteiger charge is 2.34. The monoisotopic (exact) mass is 368 g/mol. The highest BCUT2D eigenvalue weighted by Crippen LogP contribution is 2.33. The Bertz CT molecular complexity index is 641. The predicted octanol–water partition coefficient (Wildman–Crippen LogP) is 2.62.